The molecule has 0 saturated carbocycles. The van der Waals surface area contributed by atoms with Crippen LogP contribution in [0.4, 0.5) is 0 Å². The number of carbonyl (C=O) groups excluding carboxylic acids is 4. The van der Waals surface area contributed by atoms with Crippen LogP contribution >= 0.6 is 0 Å². The van der Waals surface area contributed by atoms with Crippen LogP contribution in [-0.2, 0) is 23.9 Å². The number of nitrogens with zero attached hydrogens (tertiary/aromatic N) is 2. The second-order valence-corrected chi connectivity index (χ2v) is 8.04. The van der Waals surface area contributed by atoms with Crippen molar-refractivity contribution in [3.63, 3.8) is 0 Å². The molecule has 0 aromatic heterocycles. The average molecular weight is 498 g/mol. The standard InChI is InChI=1S/C27H22N4O6/c28-31-21(27(35)37-23(17-10-4-1-5-11-17)18-12-6-2-7-13-18)20(32)16-36-26-22(25(34)30-26)29-24(33)19-14-8-3-9-15-19/h1-15,22-23,26H,16H2,(H,29,33)(H,30,34). The van der Waals surface area contributed by atoms with Gasteiger partial charge >= 0.3 is 11.7 Å². The van der Waals surface area contributed by atoms with Crippen molar-refractivity contribution in [1.29, 1.82) is 0 Å². The highest BCUT2D eigenvalue weighted by atomic mass is 16.5. The van der Waals surface area contributed by atoms with E-state index < -0.39 is 54.3 Å². The van der Waals surface area contributed by atoms with Gasteiger partial charge in [-0.1, -0.05) is 78.9 Å². The van der Waals surface area contributed by atoms with Crippen LogP contribution in [0, 0.1) is 0 Å². The minimum absolute atomic E-state index is 0.348. The lowest BCUT2D eigenvalue weighted by Crippen LogP contribution is -2.70. The van der Waals surface area contributed by atoms with Gasteiger partial charge in [0, 0.05) is 5.56 Å². The third-order valence-electron chi connectivity index (χ3n) is 5.57. The van der Waals surface area contributed by atoms with E-state index >= 15 is 0 Å². The number of rotatable bonds is 10. The van der Waals surface area contributed by atoms with Crippen LogP contribution in [0.2, 0.25) is 0 Å². The molecule has 0 spiro atoms. The number of hydrogen-bond donors (Lipinski definition) is 2. The monoisotopic (exact) mass is 498 g/mol. The van der Waals surface area contributed by atoms with Crippen LogP contribution in [0.5, 0.6) is 0 Å². The van der Waals surface area contributed by atoms with E-state index in [1.807, 2.05) is 12.1 Å². The van der Waals surface area contributed by atoms with Crippen molar-refractivity contribution in [1.82, 2.24) is 10.6 Å². The lowest BCUT2D eigenvalue weighted by atomic mass is 10.0. The Labute approximate surface area is 211 Å². The molecular formula is C27H22N4O6. The van der Waals surface area contributed by atoms with Gasteiger partial charge in [-0.05, 0) is 23.3 Å². The highest BCUT2D eigenvalue weighted by Gasteiger charge is 2.43. The maximum atomic E-state index is 12.8. The molecule has 37 heavy (non-hydrogen) atoms. The minimum atomic E-state index is -1.15. The summed E-state index contributed by atoms with van der Waals surface area (Å²) in [5, 5.41) is 4.95. The molecule has 3 aromatic rings. The van der Waals surface area contributed by atoms with Gasteiger partial charge in [-0.15, -0.1) is 0 Å². The first-order valence-electron chi connectivity index (χ1n) is 11.3. The van der Waals surface area contributed by atoms with Gasteiger partial charge in [-0.25, -0.2) is 4.79 Å². The summed E-state index contributed by atoms with van der Waals surface area (Å²) in [6, 6.07) is 25.0. The van der Waals surface area contributed by atoms with Gasteiger partial charge in [-0.2, -0.15) is 4.79 Å². The molecule has 0 aliphatic carbocycles. The van der Waals surface area contributed by atoms with E-state index in [-0.39, 0.29) is 0 Å². The second kappa shape index (κ2) is 11.7. The number of carbonyl (C=O) groups is 4. The molecule has 0 radical (unpaired) electrons. The van der Waals surface area contributed by atoms with Crippen molar-refractivity contribution in [2.24, 2.45) is 0 Å². The molecule has 2 atom stereocenters. The molecule has 10 heteroatoms. The Hall–Kier alpha value is -4.92. The Morgan fingerprint density at radius 2 is 1.43 bits per heavy atom. The molecule has 1 aliphatic heterocycles. The Morgan fingerprint density at radius 1 is 0.892 bits per heavy atom. The summed E-state index contributed by atoms with van der Waals surface area (Å²) in [6.07, 6.45) is -1.87. The fourth-order valence-electron chi connectivity index (χ4n) is 3.64. The molecule has 186 valence electrons. The zero-order valence-electron chi connectivity index (χ0n) is 19.4. The average Bonchev–Trinajstić information content (AvgIpc) is 2.94. The lowest BCUT2D eigenvalue weighted by molar-refractivity contribution is -0.152. The maximum absolute atomic E-state index is 12.8. The van der Waals surface area contributed by atoms with Gasteiger partial charge in [0.1, 0.15) is 6.61 Å². The summed E-state index contributed by atoms with van der Waals surface area (Å²) in [5.74, 6) is -3.11. The molecular weight excluding hydrogens is 476 g/mol. The van der Waals surface area contributed by atoms with Gasteiger partial charge in [0.15, 0.2) is 18.4 Å². The SMILES string of the molecule is [N-]=[N+]=C(C(=O)COC1NC(=O)C1NC(=O)c1ccccc1)C(=O)OC(c1ccccc1)c1ccccc1. The van der Waals surface area contributed by atoms with Crippen molar-refractivity contribution in [2.45, 2.75) is 18.4 Å². The first-order valence-corrected chi connectivity index (χ1v) is 11.3. The van der Waals surface area contributed by atoms with Gasteiger partial charge in [0.25, 0.3) is 11.7 Å². The summed E-state index contributed by atoms with van der Waals surface area (Å²) in [6.45, 7) is -0.710. The Bertz CT molecular complexity index is 1300. The Kier molecular flexibility index (Phi) is 7.95. The molecule has 2 amide bonds. The topological polar surface area (TPSA) is 147 Å². The van der Waals surface area contributed by atoms with E-state index in [1.54, 1.807) is 78.9 Å². The number of Topliss-reactive ketones (excluding diaryl/α,β-unsaturated/α-hetero) is 1. The molecule has 1 heterocycles. The number of β-lactam (4-membered cyclic amide) rings is 1. The number of esters is 1. The van der Waals surface area contributed by atoms with Crippen molar-refractivity contribution in [2.75, 3.05) is 6.61 Å². The molecule has 2 unspecified atom stereocenters. The third kappa shape index (κ3) is 6.02. The number of benzene rings is 3. The van der Waals surface area contributed by atoms with Crippen LogP contribution in [0.25, 0.3) is 5.53 Å². The third-order valence-corrected chi connectivity index (χ3v) is 5.57. The highest BCUT2D eigenvalue weighted by Crippen LogP contribution is 2.26. The van der Waals surface area contributed by atoms with Gasteiger partial charge in [0.2, 0.25) is 5.91 Å². The summed E-state index contributed by atoms with van der Waals surface area (Å²) in [7, 11) is 0. The zero-order valence-corrected chi connectivity index (χ0v) is 19.4. The van der Waals surface area contributed by atoms with Crippen LogP contribution in [0.1, 0.15) is 27.6 Å². The molecule has 1 saturated heterocycles. The van der Waals surface area contributed by atoms with Crippen LogP contribution in [0.15, 0.2) is 91.0 Å². The highest BCUT2D eigenvalue weighted by molar-refractivity contribution is 6.62. The lowest BCUT2D eigenvalue weighted by Gasteiger charge is -2.36. The van der Waals surface area contributed by atoms with E-state index in [0.29, 0.717) is 16.7 Å². The van der Waals surface area contributed by atoms with Crippen molar-refractivity contribution in [3.8, 4) is 0 Å². The number of nitrogens with one attached hydrogen (secondary N) is 2. The Balaban J connectivity index is 1.38. The molecule has 4 rings (SSSR count). The fourth-order valence-corrected chi connectivity index (χ4v) is 3.64. The van der Waals surface area contributed by atoms with Crippen LogP contribution in [-0.4, -0.2) is 52.9 Å². The first kappa shape index (κ1) is 25.2. The molecule has 10 nitrogen and oxygen atoms in total. The molecule has 1 aliphatic rings. The summed E-state index contributed by atoms with van der Waals surface area (Å²) >= 11 is 0. The zero-order chi connectivity index (χ0) is 26.2. The number of ketones is 1. The normalized spacial score (nSPS) is 16.1. The predicted octanol–water partition coefficient (Wildman–Crippen LogP) is 1.83. The first-order chi connectivity index (χ1) is 18.0. The quantitative estimate of drug-likeness (QED) is 0.109. The van der Waals surface area contributed by atoms with E-state index in [1.165, 1.54) is 0 Å². The van der Waals surface area contributed by atoms with Crippen molar-refractivity contribution in [3.05, 3.63) is 113 Å². The van der Waals surface area contributed by atoms with Crippen molar-refractivity contribution < 1.29 is 33.4 Å². The summed E-state index contributed by atoms with van der Waals surface area (Å²) < 4.78 is 10.9. The van der Waals surface area contributed by atoms with Crippen LogP contribution < -0.4 is 10.6 Å². The predicted molar refractivity (Wildman–Crippen MR) is 130 cm³/mol. The minimum Gasteiger partial charge on any atom is -0.444 e. The van der Waals surface area contributed by atoms with Crippen molar-refractivity contribution >= 4 is 29.3 Å². The fraction of sp³-hybridized carbons (Fsp3) is 0.148. The number of hydrogen-bond acceptors (Lipinski definition) is 6. The van der Waals surface area contributed by atoms with E-state index in [9.17, 15) is 24.7 Å². The Morgan fingerprint density at radius 3 is 1.95 bits per heavy atom. The largest absolute Gasteiger partial charge is 0.444 e. The molecule has 3 aromatic carbocycles. The second-order valence-electron chi connectivity index (χ2n) is 8.04. The van der Waals surface area contributed by atoms with Crippen LogP contribution in [0.3, 0.4) is 0 Å². The summed E-state index contributed by atoms with van der Waals surface area (Å²) in [5.41, 5.74) is 10.2. The van der Waals surface area contributed by atoms with E-state index in [0.717, 1.165) is 0 Å². The van der Waals surface area contributed by atoms with E-state index in [2.05, 4.69) is 15.4 Å². The maximum Gasteiger partial charge on any atom is 0.444 e. The van der Waals surface area contributed by atoms with Gasteiger partial charge in [0.05, 0.1) is 0 Å². The molecule has 0 bridgehead atoms. The molecule has 1 fully saturated rings. The van der Waals surface area contributed by atoms with E-state index in [4.69, 9.17) is 9.47 Å². The summed E-state index contributed by atoms with van der Waals surface area (Å²) in [4.78, 5) is 52.5. The van der Waals surface area contributed by atoms with Gasteiger partial charge in [-0.3, -0.25) is 14.4 Å². The number of ether oxygens (including phenoxy) is 2. The smallest absolute Gasteiger partial charge is 0.444 e. The molecule has 2 N–H and O–H groups in total. The van der Waals surface area contributed by atoms with Gasteiger partial charge < -0.3 is 25.6 Å². The number of amides is 2.